The molecule has 2 rings (SSSR count). The molecule has 0 fully saturated rings. The lowest BCUT2D eigenvalue weighted by atomic mass is 10.2. The van der Waals surface area contributed by atoms with Crippen molar-refractivity contribution in [2.75, 3.05) is 0 Å². The van der Waals surface area contributed by atoms with E-state index in [4.69, 9.17) is 0 Å². The van der Waals surface area contributed by atoms with Gasteiger partial charge in [-0.05, 0) is 6.42 Å². The van der Waals surface area contributed by atoms with E-state index in [1.54, 1.807) is 11.1 Å². The van der Waals surface area contributed by atoms with Crippen molar-refractivity contribution in [3.63, 3.8) is 0 Å². The van der Waals surface area contributed by atoms with Crippen LogP contribution in [0.15, 0.2) is 6.20 Å². The normalized spacial score (nSPS) is 14.8. The predicted molar refractivity (Wildman–Crippen MR) is 73.6 cm³/mol. The van der Waals surface area contributed by atoms with E-state index in [0.717, 1.165) is 23.5 Å². The van der Waals surface area contributed by atoms with E-state index in [0.29, 0.717) is 19.5 Å². The van der Waals surface area contributed by atoms with Gasteiger partial charge in [-0.3, -0.25) is 9.59 Å². The lowest BCUT2D eigenvalue weighted by Crippen LogP contribution is -2.45. The number of carbonyl (C=O) groups is 2. The average molecular weight is 276 g/mol. The standard InChI is InChI=1S/C14H20N4O2/c1-4-11(16-9(3)19)14(20)18-7-10-6-15-13(5-2)17-12(10)8-18/h6,11H,4-5,7-8H2,1-3H3,(H,16,19)/t11-/m1/s1. The molecule has 0 saturated heterocycles. The summed E-state index contributed by atoms with van der Waals surface area (Å²) in [6.07, 6.45) is 3.16. The van der Waals surface area contributed by atoms with Gasteiger partial charge in [-0.15, -0.1) is 0 Å². The maximum absolute atomic E-state index is 12.4. The highest BCUT2D eigenvalue weighted by molar-refractivity contribution is 5.87. The second kappa shape index (κ2) is 5.98. The molecule has 0 spiro atoms. The Morgan fingerprint density at radius 3 is 2.75 bits per heavy atom. The molecule has 108 valence electrons. The molecule has 0 aromatic carbocycles. The van der Waals surface area contributed by atoms with Crippen LogP contribution in [0.25, 0.3) is 0 Å². The maximum atomic E-state index is 12.4. The molecular formula is C14H20N4O2. The zero-order valence-corrected chi connectivity index (χ0v) is 12.1. The van der Waals surface area contributed by atoms with Crippen LogP contribution < -0.4 is 5.32 Å². The number of nitrogens with one attached hydrogen (secondary N) is 1. The summed E-state index contributed by atoms with van der Waals surface area (Å²) in [4.78, 5) is 34.0. The SMILES string of the molecule is CCc1ncc2c(n1)CN(C(=O)[C@@H](CC)NC(C)=O)C2. The zero-order valence-electron chi connectivity index (χ0n) is 12.1. The van der Waals surface area contributed by atoms with Crippen molar-refractivity contribution in [1.29, 1.82) is 0 Å². The van der Waals surface area contributed by atoms with E-state index in [-0.39, 0.29) is 11.8 Å². The Bertz CT molecular complexity index is 530. The largest absolute Gasteiger partial charge is 0.345 e. The van der Waals surface area contributed by atoms with Gasteiger partial charge in [-0.25, -0.2) is 9.97 Å². The minimum Gasteiger partial charge on any atom is -0.345 e. The van der Waals surface area contributed by atoms with E-state index < -0.39 is 6.04 Å². The molecule has 1 aliphatic rings. The molecule has 1 aromatic heterocycles. The van der Waals surface area contributed by atoms with Crippen LogP contribution in [0, 0.1) is 0 Å². The first-order valence-corrected chi connectivity index (χ1v) is 6.94. The number of rotatable bonds is 4. The first-order chi connectivity index (χ1) is 9.55. The van der Waals surface area contributed by atoms with Crippen molar-refractivity contribution in [2.24, 2.45) is 0 Å². The van der Waals surface area contributed by atoms with Crippen LogP contribution in [0.3, 0.4) is 0 Å². The molecule has 1 aromatic rings. The van der Waals surface area contributed by atoms with Crippen LogP contribution >= 0.6 is 0 Å². The van der Waals surface area contributed by atoms with Crippen LogP contribution in [-0.4, -0.2) is 32.7 Å². The topological polar surface area (TPSA) is 75.2 Å². The van der Waals surface area contributed by atoms with Crippen molar-refractivity contribution in [2.45, 2.75) is 52.7 Å². The molecule has 0 bridgehead atoms. The third-order valence-electron chi connectivity index (χ3n) is 3.42. The zero-order chi connectivity index (χ0) is 14.7. The van der Waals surface area contributed by atoms with Crippen LogP contribution in [0.1, 0.15) is 44.3 Å². The number of aryl methyl sites for hydroxylation is 1. The summed E-state index contributed by atoms with van der Waals surface area (Å²) in [7, 11) is 0. The molecule has 6 nitrogen and oxygen atoms in total. The van der Waals surface area contributed by atoms with Gasteiger partial charge in [0.1, 0.15) is 11.9 Å². The summed E-state index contributed by atoms with van der Waals surface area (Å²) in [5.41, 5.74) is 1.91. The van der Waals surface area contributed by atoms with E-state index >= 15 is 0 Å². The molecule has 20 heavy (non-hydrogen) atoms. The van der Waals surface area contributed by atoms with Gasteiger partial charge in [0.05, 0.1) is 12.2 Å². The lowest BCUT2D eigenvalue weighted by Gasteiger charge is -2.22. The third kappa shape index (κ3) is 2.95. The number of carbonyl (C=O) groups excluding carboxylic acids is 2. The summed E-state index contributed by atoms with van der Waals surface area (Å²) in [6, 6.07) is -0.458. The number of nitrogens with zero attached hydrogens (tertiary/aromatic N) is 3. The van der Waals surface area contributed by atoms with Crippen LogP contribution in [-0.2, 0) is 29.1 Å². The van der Waals surface area contributed by atoms with E-state index in [1.807, 2.05) is 13.8 Å². The number of fused-ring (bicyclic) bond motifs is 1. The molecule has 0 radical (unpaired) electrons. The predicted octanol–water partition coefficient (Wildman–Crippen LogP) is 0.796. The Balaban J connectivity index is 2.09. The molecule has 0 saturated carbocycles. The van der Waals surface area contributed by atoms with Crippen molar-refractivity contribution in [3.05, 3.63) is 23.3 Å². The first kappa shape index (κ1) is 14.4. The van der Waals surface area contributed by atoms with Crippen LogP contribution in [0.5, 0.6) is 0 Å². The minimum atomic E-state index is -0.458. The fraction of sp³-hybridized carbons (Fsp3) is 0.571. The molecule has 6 heteroatoms. The fourth-order valence-corrected chi connectivity index (χ4v) is 2.33. The van der Waals surface area contributed by atoms with Crippen molar-refractivity contribution >= 4 is 11.8 Å². The molecule has 0 aliphatic carbocycles. The number of hydrogen-bond acceptors (Lipinski definition) is 4. The summed E-state index contributed by atoms with van der Waals surface area (Å²) in [6.45, 7) is 6.34. The lowest BCUT2D eigenvalue weighted by molar-refractivity contribution is -0.136. The fourth-order valence-electron chi connectivity index (χ4n) is 2.33. The molecule has 2 heterocycles. The van der Waals surface area contributed by atoms with Gasteiger partial charge in [0.15, 0.2) is 0 Å². The molecule has 1 aliphatic heterocycles. The minimum absolute atomic E-state index is 0.0567. The Morgan fingerprint density at radius 1 is 1.40 bits per heavy atom. The maximum Gasteiger partial charge on any atom is 0.245 e. The summed E-state index contributed by atoms with van der Waals surface area (Å²) >= 11 is 0. The quantitative estimate of drug-likeness (QED) is 0.882. The van der Waals surface area contributed by atoms with Crippen molar-refractivity contribution in [1.82, 2.24) is 20.2 Å². The number of amides is 2. The number of hydrogen-bond donors (Lipinski definition) is 1. The summed E-state index contributed by atoms with van der Waals surface area (Å²) in [5, 5.41) is 2.69. The van der Waals surface area contributed by atoms with Crippen molar-refractivity contribution < 1.29 is 9.59 Å². The monoisotopic (exact) mass is 276 g/mol. The van der Waals surface area contributed by atoms with Crippen LogP contribution in [0.4, 0.5) is 0 Å². The highest BCUT2D eigenvalue weighted by Crippen LogP contribution is 2.21. The Kier molecular flexibility index (Phi) is 4.32. The van der Waals surface area contributed by atoms with E-state index in [9.17, 15) is 9.59 Å². The van der Waals surface area contributed by atoms with Gasteiger partial charge in [-0.1, -0.05) is 13.8 Å². The van der Waals surface area contributed by atoms with Gasteiger partial charge in [0.2, 0.25) is 11.8 Å². The van der Waals surface area contributed by atoms with Gasteiger partial charge in [0.25, 0.3) is 0 Å². The molecule has 1 N–H and O–H groups in total. The van der Waals surface area contributed by atoms with E-state index in [2.05, 4.69) is 15.3 Å². The second-order valence-corrected chi connectivity index (χ2v) is 4.97. The summed E-state index contributed by atoms with van der Waals surface area (Å²) < 4.78 is 0. The average Bonchev–Trinajstić information content (AvgIpc) is 2.86. The van der Waals surface area contributed by atoms with E-state index in [1.165, 1.54) is 6.92 Å². The number of aromatic nitrogens is 2. The van der Waals surface area contributed by atoms with Gasteiger partial charge < -0.3 is 10.2 Å². The highest BCUT2D eigenvalue weighted by atomic mass is 16.2. The summed E-state index contributed by atoms with van der Waals surface area (Å²) in [5.74, 6) is 0.556. The third-order valence-corrected chi connectivity index (χ3v) is 3.42. The Hall–Kier alpha value is -1.98. The Labute approximate surface area is 118 Å². The highest BCUT2D eigenvalue weighted by Gasteiger charge is 2.29. The van der Waals surface area contributed by atoms with Gasteiger partial charge >= 0.3 is 0 Å². The Morgan fingerprint density at radius 2 is 2.15 bits per heavy atom. The van der Waals surface area contributed by atoms with Crippen LogP contribution in [0.2, 0.25) is 0 Å². The van der Waals surface area contributed by atoms with Gasteiger partial charge in [-0.2, -0.15) is 0 Å². The molecular weight excluding hydrogens is 256 g/mol. The molecule has 1 atom stereocenters. The second-order valence-electron chi connectivity index (χ2n) is 4.97. The van der Waals surface area contributed by atoms with Gasteiger partial charge in [0, 0.05) is 31.6 Å². The smallest absolute Gasteiger partial charge is 0.245 e. The molecule has 0 unspecified atom stereocenters. The molecule has 2 amide bonds. The first-order valence-electron chi connectivity index (χ1n) is 6.94. The van der Waals surface area contributed by atoms with Crippen molar-refractivity contribution in [3.8, 4) is 0 Å².